The highest BCUT2D eigenvalue weighted by Crippen LogP contribution is 2.28. The van der Waals surface area contributed by atoms with Crippen molar-refractivity contribution in [2.75, 3.05) is 26.5 Å². The Morgan fingerprint density at radius 2 is 2.19 bits per heavy atom. The van der Waals surface area contributed by atoms with Crippen LogP contribution in [0.2, 0.25) is 0 Å². The first-order valence-electron chi connectivity index (χ1n) is 6.81. The van der Waals surface area contributed by atoms with Crippen LogP contribution in [0, 0.1) is 5.92 Å². The number of carbonyl (C=O) groups is 2. The van der Waals surface area contributed by atoms with Crippen molar-refractivity contribution < 1.29 is 19.4 Å². The first-order chi connectivity index (χ1) is 10.1. The van der Waals surface area contributed by atoms with Crippen LogP contribution in [-0.4, -0.2) is 48.3 Å². The lowest BCUT2D eigenvalue weighted by molar-refractivity contribution is -0.143. The summed E-state index contributed by atoms with van der Waals surface area (Å²) in [6, 6.07) is 5.45. The number of piperidine rings is 1. The van der Waals surface area contributed by atoms with Gasteiger partial charge in [-0.2, -0.15) is 0 Å². The summed E-state index contributed by atoms with van der Waals surface area (Å²) in [6.07, 6.45) is 3.30. The molecular weight excluding hydrogens is 290 g/mol. The summed E-state index contributed by atoms with van der Waals surface area (Å²) >= 11 is 1.58. The van der Waals surface area contributed by atoms with E-state index in [-0.39, 0.29) is 12.5 Å². The maximum absolute atomic E-state index is 12.6. The monoisotopic (exact) mass is 309 g/mol. The smallest absolute Gasteiger partial charge is 0.308 e. The first kappa shape index (κ1) is 15.7. The number of amides is 1. The molecule has 1 aliphatic rings. The summed E-state index contributed by atoms with van der Waals surface area (Å²) in [4.78, 5) is 26.3. The van der Waals surface area contributed by atoms with Gasteiger partial charge in [0.1, 0.15) is 5.75 Å². The molecule has 0 aromatic heterocycles. The number of aliphatic carboxylic acids is 1. The Bertz CT molecular complexity index is 546. The Balaban J connectivity index is 2.21. The minimum atomic E-state index is -0.836. The van der Waals surface area contributed by atoms with Gasteiger partial charge in [-0.25, -0.2) is 0 Å². The van der Waals surface area contributed by atoms with Crippen molar-refractivity contribution in [2.24, 2.45) is 5.92 Å². The summed E-state index contributed by atoms with van der Waals surface area (Å²) in [5.41, 5.74) is 0.487. The molecule has 0 saturated carbocycles. The number of ether oxygens (including phenoxy) is 1. The predicted molar refractivity (Wildman–Crippen MR) is 81.0 cm³/mol. The summed E-state index contributed by atoms with van der Waals surface area (Å²) in [5.74, 6) is -0.939. The van der Waals surface area contributed by atoms with E-state index in [0.29, 0.717) is 30.7 Å². The number of likely N-dealkylation sites (tertiary alicyclic amines) is 1. The van der Waals surface area contributed by atoms with Crippen molar-refractivity contribution in [3.63, 3.8) is 0 Å². The minimum Gasteiger partial charge on any atom is -0.496 e. The summed E-state index contributed by atoms with van der Waals surface area (Å²) < 4.78 is 5.30. The molecule has 0 aliphatic carbocycles. The molecule has 1 aromatic carbocycles. The van der Waals surface area contributed by atoms with Gasteiger partial charge in [0.25, 0.3) is 5.91 Å². The number of rotatable bonds is 4. The number of hydrogen-bond acceptors (Lipinski definition) is 4. The maximum Gasteiger partial charge on any atom is 0.308 e. The highest BCUT2D eigenvalue weighted by Gasteiger charge is 2.29. The summed E-state index contributed by atoms with van der Waals surface area (Å²) in [6.45, 7) is 0.859. The van der Waals surface area contributed by atoms with Gasteiger partial charge in [0.2, 0.25) is 0 Å². The van der Waals surface area contributed by atoms with Crippen LogP contribution in [0.15, 0.2) is 23.1 Å². The fraction of sp³-hybridized carbons (Fsp3) is 0.467. The van der Waals surface area contributed by atoms with Crippen LogP contribution in [0.1, 0.15) is 23.2 Å². The second kappa shape index (κ2) is 6.85. The average Bonchev–Trinajstić information content (AvgIpc) is 2.53. The van der Waals surface area contributed by atoms with Crippen molar-refractivity contribution >= 4 is 23.6 Å². The quantitative estimate of drug-likeness (QED) is 0.865. The lowest BCUT2D eigenvalue weighted by atomic mass is 9.97. The highest BCUT2D eigenvalue weighted by molar-refractivity contribution is 7.98. The number of hydrogen-bond donors (Lipinski definition) is 1. The van der Waals surface area contributed by atoms with Gasteiger partial charge in [-0.15, -0.1) is 11.8 Å². The van der Waals surface area contributed by atoms with Crippen LogP contribution in [0.4, 0.5) is 0 Å². The number of nitrogens with zero attached hydrogens (tertiary/aromatic N) is 1. The number of carbonyl (C=O) groups excluding carboxylic acids is 1. The van der Waals surface area contributed by atoms with E-state index in [1.807, 2.05) is 18.4 Å². The van der Waals surface area contributed by atoms with Crippen LogP contribution in [-0.2, 0) is 4.79 Å². The minimum absolute atomic E-state index is 0.162. The third-order valence-corrected chi connectivity index (χ3v) is 4.42. The third-order valence-electron chi connectivity index (χ3n) is 3.70. The molecule has 0 radical (unpaired) electrons. The second-order valence-electron chi connectivity index (χ2n) is 4.99. The number of thioether (sulfide) groups is 1. The van der Waals surface area contributed by atoms with Gasteiger partial charge >= 0.3 is 5.97 Å². The first-order valence-corrected chi connectivity index (χ1v) is 8.03. The van der Waals surface area contributed by atoms with E-state index in [1.54, 1.807) is 22.7 Å². The third kappa shape index (κ3) is 3.50. The van der Waals surface area contributed by atoms with E-state index in [0.717, 1.165) is 4.90 Å². The zero-order chi connectivity index (χ0) is 15.4. The standard InChI is InChI=1S/C15H19NO4S/c1-20-13-8-11(21-2)5-6-12(13)14(17)16-7-3-4-10(9-16)15(18)19/h5-6,8,10H,3-4,7,9H2,1-2H3,(H,18,19)/t10-/m0/s1. The predicted octanol–water partition coefficient (Wildman–Crippen LogP) is 2.35. The molecule has 114 valence electrons. The lowest BCUT2D eigenvalue weighted by Crippen LogP contribution is -2.42. The Labute approximate surface area is 128 Å². The Hall–Kier alpha value is -1.69. The van der Waals surface area contributed by atoms with Crippen LogP contribution in [0.25, 0.3) is 0 Å². The molecule has 1 fully saturated rings. The van der Waals surface area contributed by atoms with E-state index in [1.165, 1.54) is 7.11 Å². The molecule has 0 unspecified atom stereocenters. The number of carboxylic acid groups (broad SMARTS) is 1. The van der Waals surface area contributed by atoms with E-state index in [9.17, 15) is 9.59 Å². The molecule has 1 N–H and O–H groups in total. The molecule has 0 bridgehead atoms. The van der Waals surface area contributed by atoms with Gasteiger partial charge in [0.05, 0.1) is 18.6 Å². The van der Waals surface area contributed by atoms with Crippen molar-refractivity contribution in [3.8, 4) is 5.75 Å². The fourth-order valence-corrected chi connectivity index (χ4v) is 2.94. The van der Waals surface area contributed by atoms with Gasteiger partial charge in [0, 0.05) is 18.0 Å². The molecule has 0 spiro atoms. The molecule has 5 nitrogen and oxygen atoms in total. The molecule has 1 heterocycles. The van der Waals surface area contributed by atoms with E-state index in [2.05, 4.69) is 0 Å². The molecule has 21 heavy (non-hydrogen) atoms. The van der Waals surface area contributed by atoms with E-state index < -0.39 is 11.9 Å². The Kier molecular flexibility index (Phi) is 5.12. The molecule has 1 atom stereocenters. The van der Waals surface area contributed by atoms with Gasteiger partial charge in [-0.1, -0.05) is 0 Å². The zero-order valence-corrected chi connectivity index (χ0v) is 13.0. The van der Waals surface area contributed by atoms with Crippen molar-refractivity contribution in [1.82, 2.24) is 4.90 Å². The lowest BCUT2D eigenvalue weighted by Gasteiger charge is -2.31. The Morgan fingerprint density at radius 1 is 1.43 bits per heavy atom. The molecule has 1 saturated heterocycles. The van der Waals surface area contributed by atoms with Crippen molar-refractivity contribution in [1.29, 1.82) is 0 Å². The fourth-order valence-electron chi connectivity index (χ4n) is 2.51. The van der Waals surface area contributed by atoms with Crippen LogP contribution >= 0.6 is 11.8 Å². The highest BCUT2D eigenvalue weighted by atomic mass is 32.2. The molecular formula is C15H19NO4S. The van der Waals surface area contributed by atoms with Gasteiger partial charge in [0.15, 0.2) is 0 Å². The van der Waals surface area contributed by atoms with Gasteiger partial charge in [-0.3, -0.25) is 9.59 Å². The van der Waals surface area contributed by atoms with Crippen LogP contribution in [0.5, 0.6) is 5.75 Å². The summed E-state index contributed by atoms with van der Waals surface area (Å²) in [5, 5.41) is 9.11. The number of benzene rings is 1. The van der Waals surface area contributed by atoms with Crippen LogP contribution in [0.3, 0.4) is 0 Å². The molecule has 1 amide bonds. The van der Waals surface area contributed by atoms with E-state index >= 15 is 0 Å². The number of methoxy groups -OCH3 is 1. The Morgan fingerprint density at radius 3 is 2.81 bits per heavy atom. The second-order valence-corrected chi connectivity index (χ2v) is 5.87. The largest absolute Gasteiger partial charge is 0.496 e. The zero-order valence-electron chi connectivity index (χ0n) is 12.2. The topological polar surface area (TPSA) is 66.8 Å². The van der Waals surface area contributed by atoms with Gasteiger partial charge < -0.3 is 14.7 Å². The van der Waals surface area contributed by atoms with Crippen molar-refractivity contribution in [2.45, 2.75) is 17.7 Å². The normalized spacial score (nSPS) is 18.4. The SMILES string of the molecule is COc1cc(SC)ccc1C(=O)N1CCC[C@H](C(=O)O)C1. The molecule has 2 rings (SSSR count). The van der Waals surface area contributed by atoms with E-state index in [4.69, 9.17) is 9.84 Å². The van der Waals surface area contributed by atoms with Gasteiger partial charge in [-0.05, 0) is 37.3 Å². The molecule has 1 aliphatic heterocycles. The maximum atomic E-state index is 12.6. The molecule has 1 aromatic rings. The average molecular weight is 309 g/mol. The molecule has 6 heteroatoms. The van der Waals surface area contributed by atoms with Crippen molar-refractivity contribution in [3.05, 3.63) is 23.8 Å². The number of carboxylic acids is 1. The van der Waals surface area contributed by atoms with Crippen LogP contribution < -0.4 is 4.74 Å². The summed E-state index contributed by atoms with van der Waals surface area (Å²) in [7, 11) is 1.53.